The van der Waals surface area contributed by atoms with Crippen molar-refractivity contribution in [2.75, 3.05) is 39.3 Å². The molecule has 0 aliphatic carbocycles. The number of rotatable bonds is 6. The average molecular weight is 256 g/mol. The molecule has 1 atom stereocenters. The third-order valence-corrected chi connectivity index (χ3v) is 3.23. The Hall–Kier alpha value is -1.14. The van der Waals surface area contributed by atoms with E-state index in [0.29, 0.717) is 13.1 Å². The van der Waals surface area contributed by atoms with Crippen molar-refractivity contribution in [3.63, 3.8) is 0 Å². The highest BCUT2D eigenvalue weighted by atomic mass is 16.2. The maximum absolute atomic E-state index is 11.7. The zero-order valence-corrected chi connectivity index (χ0v) is 11.3. The van der Waals surface area contributed by atoms with Gasteiger partial charge >= 0.3 is 0 Å². The van der Waals surface area contributed by atoms with Crippen LogP contribution in [0.3, 0.4) is 0 Å². The lowest BCUT2D eigenvalue weighted by molar-refractivity contribution is -0.124. The molecule has 0 radical (unpaired) electrons. The molecule has 0 aromatic carbocycles. The van der Waals surface area contributed by atoms with Gasteiger partial charge in [0, 0.05) is 32.2 Å². The number of hydrogen-bond donors (Lipinski definition) is 2. The molecule has 0 aromatic heterocycles. The maximum Gasteiger partial charge on any atom is 0.234 e. The van der Waals surface area contributed by atoms with Crippen LogP contribution in [0.5, 0.6) is 0 Å². The van der Waals surface area contributed by atoms with Gasteiger partial charge in [-0.05, 0) is 13.3 Å². The first-order valence-electron chi connectivity index (χ1n) is 6.53. The van der Waals surface area contributed by atoms with Gasteiger partial charge in [0.25, 0.3) is 0 Å². The summed E-state index contributed by atoms with van der Waals surface area (Å²) in [6.45, 7) is 8.00. The summed E-state index contributed by atoms with van der Waals surface area (Å²) in [5.74, 6) is -0.217. The topological polar surface area (TPSA) is 78.7 Å². The van der Waals surface area contributed by atoms with Gasteiger partial charge in [-0.25, -0.2) is 0 Å². The van der Waals surface area contributed by atoms with Crippen molar-refractivity contribution in [2.45, 2.75) is 26.3 Å². The number of amides is 2. The van der Waals surface area contributed by atoms with Crippen molar-refractivity contribution in [2.24, 2.45) is 5.73 Å². The smallest absolute Gasteiger partial charge is 0.234 e. The van der Waals surface area contributed by atoms with Crippen LogP contribution in [0.15, 0.2) is 0 Å². The summed E-state index contributed by atoms with van der Waals surface area (Å²) in [5.41, 5.74) is 5.15. The lowest BCUT2D eigenvalue weighted by Gasteiger charge is -2.33. The SMILES string of the molecule is CCC(C)NC(=O)CN1CCN(CC(N)=O)CC1. The minimum atomic E-state index is -0.294. The molecule has 0 saturated carbocycles. The van der Waals surface area contributed by atoms with Crippen molar-refractivity contribution in [1.29, 1.82) is 0 Å². The second kappa shape index (κ2) is 7.33. The number of hydrogen-bond acceptors (Lipinski definition) is 4. The van der Waals surface area contributed by atoms with E-state index in [-0.39, 0.29) is 17.9 Å². The van der Waals surface area contributed by atoms with Crippen LogP contribution in [0.1, 0.15) is 20.3 Å². The summed E-state index contributed by atoms with van der Waals surface area (Å²) in [6.07, 6.45) is 0.943. The van der Waals surface area contributed by atoms with Crippen LogP contribution in [0, 0.1) is 0 Å². The van der Waals surface area contributed by atoms with Gasteiger partial charge in [-0.1, -0.05) is 6.92 Å². The number of piperazine rings is 1. The first-order chi connectivity index (χ1) is 8.51. The van der Waals surface area contributed by atoms with Gasteiger partial charge in [-0.2, -0.15) is 0 Å². The van der Waals surface area contributed by atoms with Crippen molar-refractivity contribution in [3.8, 4) is 0 Å². The standard InChI is InChI=1S/C12H24N4O2/c1-3-10(2)14-12(18)9-16-6-4-15(5-7-16)8-11(13)17/h10H,3-9H2,1-2H3,(H2,13,17)(H,14,18). The van der Waals surface area contributed by atoms with E-state index in [1.807, 2.05) is 18.7 Å². The average Bonchev–Trinajstić information content (AvgIpc) is 2.30. The summed E-state index contributed by atoms with van der Waals surface area (Å²) < 4.78 is 0. The number of primary amides is 1. The fourth-order valence-electron chi connectivity index (χ4n) is 1.95. The Morgan fingerprint density at radius 1 is 1.17 bits per heavy atom. The maximum atomic E-state index is 11.7. The van der Waals surface area contributed by atoms with E-state index in [9.17, 15) is 9.59 Å². The number of carbonyl (C=O) groups excluding carboxylic acids is 2. The summed E-state index contributed by atoms with van der Waals surface area (Å²) >= 11 is 0. The first kappa shape index (κ1) is 14.9. The molecule has 3 N–H and O–H groups in total. The van der Waals surface area contributed by atoms with E-state index in [1.54, 1.807) is 0 Å². The molecule has 104 valence electrons. The summed E-state index contributed by atoms with van der Waals surface area (Å²) in [6, 6.07) is 0.230. The number of nitrogens with zero attached hydrogens (tertiary/aromatic N) is 2. The second-order valence-corrected chi connectivity index (χ2v) is 4.90. The number of nitrogens with two attached hydrogens (primary N) is 1. The first-order valence-corrected chi connectivity index (χ1v) is 6.53. The Morgan fingerprint density at radius 2 is 1.67 bits per heavy atom. The molecule has 1 fully saturated rings. The minimum absolute atomic E-state index is 0.0766. The molecule has 1 saturated heterocycles. The van der Waals surface area contributed by atoms with Crippen LogP contribution in [-0.2, 0) is 9.59 Å². The molecule has 1 aliphatic rings. The van der Waals surface area contributed by atoms with Crippen LogP contribution in [-0.4, -0.2) is 66.9 Å². The Labute approximate surface area is 108 Å². The summed E-state index contributed by atoms with van der Waals surface area (Å²) in [5, 5.41) is 2.95. The van der Waals surface area contributed by atoms with Crippen LogP contribution in [0.25, 0.3) is 0 Å². The van der Waals surface area contributed by atoms with Crippen molar-refractivity contribution in [3.05, 3.63) is 0 Å². The third-order valence-electron chi connectivity index (χ3n) is 3.23. The van der Waals surface area contributed by atoms with Crippen molar-refractivity contribution >= 4 is 11.8 Å². The normalized spacial score (nSPS) is 19.4. The Morgan fingerprint density at radius 3 is 2.11 bits per heavy atom. The Balaban J connectivity index is 2.22. The zero-order chi connectivity index (χ0) is 13.5. The lowest BCUT2D eigenvalue weighted by atomic mass is 10.2. The minimum Gasteiger partial charge on any atom is -0.369 e. The molecule has 0 aromatic rings. The fraction of sp³-hybridized carbons (Fsp3) is 0.833. The molecular weight excluding hydrogens is 232 g/mol. The van der Waals surface area contributed by atoms with E-state index >= 15 is 0 Å². The second-order valence-electron chi connectivity index (χ2n) is 4.90. The van der Waals surface area contributed by atoms with E-state index in [2.05, 4.69) is 10.2 Å². The molecule has 6 heteroatoms. The van der Waals surface area contributed by atoms with Gasteiger partial charge in [0.05, 0.1) is 13.1 Å². The highest BCUT2D eigenvalue weighted by molar-refractivity contribution is 5.78. The molecule has 1 aliphatic heterocycles. The van der Waals surface area contributed by atoms with Gasteiger partial charge < -0.3 is 11.1 Å². The van der Waals surface area contributed by atoms with Gasteiger partial charge in [-0.3, -0.25) is 19.4 Å². The van der Waals surface area contributed by atoms with E-state index in [4.69, 9.17) is 5.73 Å². The highest BCUT2D eigenvalue weighted by Gasteiger charge is 2.19. The molecule has 1 unspecified atom stereocenters. The van der Waals surface area contributed by atoms with Crippen molar-refractivity contribution < 1.29 is 9.59 Å². The molecule has 0 bridgehead atoms. The third kappa shape index (κ3) is 5.46. The van der Waals surface area contributed by atoms with Crippen LogP contribution in [0.2, 0.25) is 0 Å². The van der Waals surface area contributed by atoms with Crippen molar-refractivity contribution in [1.82, 2.24) is 15.1 Å². The molecule has 0 spiro atoms. The van der Waals surface area contributed by atoms with E-state index < -0.39 is 0 Å². The molecule has 2 amide bonds. The van der Waals surface area contributed by atoms with Crippen LogP contribution < -0.4 is 11.1 Å². The molecule has 18 heavy (non-hydrogen) atoms. The number of carbonyl (C=O) groups is 2. The largest absolute Gasteiger partial charge is 0.369 e. The van der Waals surface area contributed by atoms with E-state index in [0.717, 1.165) is 32.6 Å². The lowest BCUT2D eigenvalue weighted by Crippen LogP contribution is -2.51. The van der Waals surface area contributed by atoms with E-state index in [1.165, 1.54) is 0 Å². The Kier molecular flexibility index (Phi) is 6.07. The Bertz CT molecular complexity index is 288. The molecule has 1 rings (SSSR count). The summed E-state index contributed by atoms with van der Waals surface area (Å²) in [7, 11) is 0. The highest BCUT2D eigenvalue weighted by Crippen LogP contribution is 2.01. The summed E-state index contributed by atoms with van der Waals surface area (Å²) in [4.78, 5) is 26.6. The number of nitrogens with one attached hydrogen (secondary N) is 1. The van der Waals surface area contributed by atoms with Gasteiger partial charge in [0.15, 0.2) is 0 Å². The van der Waals surface area contributed by atoms with Crippen LogP contribution in [0.4, 0.5) is 0 Å². The molecule has 1 heterocycles. The monoisotopic (exact) mass is 256 g/mol. The molecule has 6 nitrogen and oxygen atoms in total. The van der Waals surface area contributed by atoms with Gasteiger partial charge in [0.2, 0.25) is 11.8 Å². The van der Waals surface area contributed by atoms with Crippen LogP contribution >= 0.6 is 0 Å². The molecular formula is C12H24N4O2. The fourth-order valence-corrected chi connectivity index (χ4v) is 1.95. The predicted octanol–water partition coefficient (Wildman–Crippen LogP) is -0.996. The predicted molar refractivity (Wildman–Crippen MR) is 70.0 cm³/mol. The van der Waals surface area contributed by atoms with Gasteiger partial charge in [0.1, 0.15) is 0 Å². The zero-order valence-electron chi connectivity index (χ0n) is 11.3. The quantitative estimate of drug-likeness (QED) is 0.639. The van der Waals surface area contributed by atoms with Gasteiger partial charge in [-0.15, -0.1) is 0 Å².